The molecular weight excluding hydrogens is 346 g/mol. The van der Waals surface area contributed by atoms with Crippen LogP contribution in [0.2, 0.25) is 0 Å². The van der Waals surface area contributed by atoms with E-state index in [-0.39, 0.29) is 36.1 Å². The minimum atomic E-state index is -0.295. The van der Waals surface area contributed by atoms with Crippen molar-refractivity contribution in [1.29, 1.82) is 0 Å². The number of hydrogen-bond acceptors (Lipinski definition) is 4. The van der Waals surface area contributed by atoms with Crippen LogP contribution in [0.5, 0.6) is 0 Å². The van der Waals surface area contributed by atoms with Crippen molar-refractivity contribution in [2.24, 2.45) is 13.0 Å². The molecule has 0 radical (unpaired) electrons. The Morgan fingerprint density at radius 1 is 1.41 bits per heavy atom. The van der Waals surface area contributed by atoms with Crippen LogP contribution in [0.25, 0.3) is 11.0 Å². The van der Waals surface area contributed by atoms with E-state index < -0.39 is 0 Å². The van der Waals surface area contributed by atoms with Crippen LogP contribution < -0.4 is 11.0 Å². The second kappa shape index (κ2) is 7.03. The number of para-hydroxylation sites is 2. The van der Waals surface area contributed by atoms with Crippen molar-refractivity contribution in [1.82, 2.24) is 24.6 Å². The van der Waals surface area contributed by atoms with Crippen molar-refractivity contribution in [3.63, 3.8) is 0 Å². The highest BCUT2D eigenvalue weighted by molar-refractivity contribution is 5.77. The number of aliphatic hydroxyl groups is 1. The number of H-pyrrole nitrogens is 1. The minimum Gasteiger partial charge on any atom is -0.393 e. The van der Waals surface area contributed by atoms with Crippen molar-refractivity contribution in [2.45, 2.75) is 38.0 Å². The van der Waals surface area contributed by atoms with Gasteiger partial charge in [0.15, 0.2) is 0 Å². The van der Waals surface area contributed by atoms with Crippen LogP contribution in [0.4, 0.5) is 0 Å². The number of fused-ring (bicyclic) bond motifs is 1. The van der Waals surface area contributed by atoms with Crippen molar-refractivity contribution >= 4 is 16.9 Å². The van der Waals surface area contributed by atoms with E-state index in [4.69, 9.17) is 0 Å². The van der Waals surface area contributed by atoms with Gasteiger partial charge in [0, 0.05) is 31.8 Å². The van der Waals surface area contributed by atoms with E-state index in [2.05, 4.69) is 15.4 Å². The van der Waals surface area contributed by atoms with Gasteiger partial charge in [-0.1, -0.05) is 12.1 Å². The Hall–Kier alpha value is -2.87. The quantitative estimate of drug-likeness (QED) is 0.605. The summed E-state index contributed by atoms with van der Waals surface area (Å²) in [7, 11) is 1.83. The molecule has 1 fully saturated rings. The molecule has 3 aromatic rings. The van der Waals surface area contributed by atoms with Gasteiger partial charge in [-0.25, -0.2) is 4.79 Å². The van der Waals surface area contributed by atoms with Gasteiger partial charge in [-0.05, 0) is 30.9 Å². The monoisotopic (exact) mass is 369 g/mol. The lowest BCUT2D eigenvalue weighted by atomic mass is 9.75. The molecule has 1 unspecified atom stereocenters. The van der Waals surface area contributed by atoms with Crippen molar-refractivity contribution < 1.29 is 9.90 Å². The van der Waals surface area contributed by atoms with Gasteiger partial charge >= 0.3 is 5.69 Å². The fraction of sp³-hybridized carbons (Fsp3) is 0.421. The first kappa shape index (κ1) is 17.5. The van der Waals surface area contributed by atoms with Gasteiger partial charge in [0.05, 0.1) is 29.4 Å². The molecule has 2 heterocycles. The van der Waals surface area contributed by atoms with Crippen LogP contribution in [-0.4, -0.2) is 36.4 Å². The number of nitrogens with zero attached hydrogens (tertiary/aromatic N) is 3. The fourth-order valence-corrected chi connectivity index (χ4v) is 3.76. The van der Waals surface area contributed by atoms with E-state index in [0.29, 0.717) is 19.4 Å². The number of aromatic nitrogens is 4. The zero-order chi connectivity index (χ0) is 19.0. The Balaban J connectivity index is 1.45. The molecule has 2 aromatic heterocycles. The minimum absolute atomic E-state index is 0.123. The highest BCUT2D eigenvalue weighted by atomic mass is 16.3. The number of hydrogen-bond donors (Lipinski definition) is 3. The summed E-state index contributed by atoms with van der Waals surface area (Å²) in [6.45, 7) is 0.307. The molecule has 1 atom stereocenters. The Labute approximate surface area is 155 Å². The topological polar surface area (TPSA) is 105 Å². The van der Waals surface area contributed by atoms with Gasteiger partial charge < -0.3 is 15.4 Å². The number of nitrogens with one attached hydrogen (secondary N) is 2. The number of benzene rings is 1. The van der Waals surface area contributed by atoms with E-state index >= 15 is 0 Å². The first-order valence-electron chi connectivity index (χ1n) is 9.15. The highest BCUT2D eigenvalue weighted by Gasteiger charge is 2.36. The molecule has 3 N–H and O–H groups in total. The van der Waals surface area contributed by atoms with Crippen molar-refractivity contribution in [3.05, 3.63) is 52.7 Å². The van der Waals surface area contributed by atoms with Gasteiger partial charge in [0.2, 0.25) is 5.91 Å². The van der Waals surface area contributed by atoms with Crippen LogP contribution in [0, 0.1) is 5.92 Å². The molecule has 0 bridgehead atoms. The number of carbonyl (C=O) groups is 1. The average molecular weight is 369 g/mol. The predicted octanol–water partition coefficient (Wildman–Crippen LogP) is 1.08. The van der Waals surface area contributed by atoms with Gasteiger partial charge in [0.25, 0.3) is 0 Å². The van der Waals surface area contributed by atoms with Crippen molar-refractivity contribution in [3.8, 4) is 0 Å². The van der Waals surface area contributed by atoms with Crippen molar-refractivity contribution in [2.75, 3.05) is 0 Å². The Kier molecular flexibility index (Phi) is 4.57. The zero-order valence-electron chi connectivity index (χ0n) is 15.1. The first-order valence-corrected chi connectivity index (χ1v) is 9.15. The SMILES string of the molecule is Cn1cc(C(NC(=O)CCn2c(=O)[nH]c3ccccc32)C2CC(O)C2)cn1. The number of amides is 1. The molecule has 142 valence electrons. The summed E-state index contributed by atoms with van der Waals surface area (Å²) in [5, 5.41) is 16.9. The summed E-state index contributed by atoms with van der Waals surface area (Å²) in [4.78, 5) is 27.5. The molecule has 8 heteroatoms. The van der Waals surface area contributed by atoms with Crippen LogP contribution in [-0.2, 0) is 18.4 Å². The smallest absolute Gasteiger partial charge is 0.326 e. The molecule has 1 saturated carbocycles. The Morgan fingerprint density at radius 3 is 2.89 bits per heavy atom. The molecule has 4 rings (SSSR count). The normalized spacial score (nSPS) is 20.4. The summed E-state index contributed by atoms with van der Waals surface area (Å²) < 4.78 is 3.29. The molecular formula is C19H23N5O3. The van der Waals surface area contributed by atoms with Gasteiger partial charge in [-0.15, -0.1) is 0 Å². The first-order chi connectivity index (χ1) is 13.0. The second-order valence-corrected chi connectivity index (χ2v) is 7.23. The zero-order valence-corrected chi connectivity index (χ0v) is 15.1. The van der Waals surface area contributed by atoms with E-state index in [1.54, 1.807) is 15.4 Å². The summed E-state index contributed by atoms with van der Waals surface area (Å²) in [5.74, 6) is 0.0754. The molecule has 8 nitrogen and oxygen atoms in total. The molecule has 0 spiro atoms. The Bertz CT molecular complexity index is 1010. The third kappa shape index (κ3) is 3.52. The number of aryl methyl sites for hydroxylation is 2. The molecule has 0 aliphatic heterocycles. The summed E-state index contributed by atoms with van der Waals surface area (Å²) in [6, 6.07) is 7.26. The average Bonchev–Trinajstić information content (AvgIpc) is 3.18. The second-order valence-electron chi connectivity index (χ2n) is 7.23. The number of aromatic amines is 1. The lowest BCUT2D eigenvalue weighted by Gasteiger charge is -2.37. The number of rotatable bonds is 6. The van der Waals surface area contributed by atoms with Crippen LogP contribution in [0.1, 0.15) is 30.9 Å². The standard InChI is InChI=1S/C19H23N5O3/c1-23-11-13(10-20-23)18(12-8-14(25)9-12)22-17(26)6-7-24-16-5-3-2-4-15(16)21-19(24)27/h2-5,10-12,14,18,25H,6-9H2,1H3,(H,21,27)(H,22,26). The molecule has 1 aliphatic rings. The highest BCUT2D eigenvalue weighted by Crippen LogP contribution is 2.38. The van der Waals surface area contributed by atoms with Gasteiger partial charge in [-0.3, -0.25) is 14.0 Å². The van der Waals surface area contributed by atoms with E-state index in [9.17, 15) is 14.7 Å². The maximum Gasteiger partial charge on any atom is 0.326 e. The Morgan fingerprint density at radius 2 is 2.19 bits per heavy atom. The molecule has 0 saturated heterocycles. The summed E-state index contributed by atoms with van der Waals surface area (Å²) in [6.07, 6.45) is 4.88. The third-order valence-electron chi connectivity index (χ3n) is 5.27. The van der Waals surface area contributed by atoms with Crippen LogP contribution >= 0.6 is 0 Å². The number of carbonyl (C=O) groups excluding carboxylic acids is 1. The molecule has 1 aromatic carbocycles. The van der Waals surface area contributed by atoms with E-state index in [0.717, 1.165) is 16.6 Å². The molecule has 1 amide bonds. The van der Waals surface area contributed by atoms with Gasteiger partial charge in [0.1, 0.15) is 0 Å². The lowest BCUT2D eigenvalue weighted by molar-refractivity contribution is -0.123. The molecule has 27 heavy (non-hydrogen) atoms. The van der Waals surface area contributed by atoms with Gasteiger partial charge in [-0.2, -0.15) is 5.10 Å². The predicted molar refractivity (Wildman–Crippen MR) is 100.0 cm³/mol. The third-order valence-corrected chi connectivity index (χ3v) is 5.27. The summed E-state index contributed by atoms with van der Waals surface area (Å²) in [5.41, 5.74) is 2.28. The number of imidazole rings is 1. The van der Waals surface area contributed by atoms with Crippen LogP contribution in [0.15, 0.2) is 41.5 Å². The fourth-order valence-electron chi connectivity index (χ4n) is 3.76. The van der Waals surface area contributed by atoms with Crippen LogP contribution in [0.3, 0.4) is 0 Å². The maximum atomic E-state index is 12.6. The summed E-state index contributed by atoms with van der Waals surface area (Å²) >= 11 is 0. The lowest BCUT2D eigenvalue weighted by Crippen LogP contribution is -2.41. The van der Waals surface area contributed by atoms with E-state index in [1.807, 2.05) is 37.5 Å². The maximum absolute atomic E-state index is 12.6. The van der Waals surface area contributed by atoms with E-state index in [1.165, 1.54) is 0 Å². The largest absolute Gasteiger partial charge is 0.393 e. The number of aliphatic hydroxyl groups excluding tert-OH is 1. The molecule has 1 aliphatic carbocycles.